The monoisotopic (exact) mass is 309 g/mol. The minimum atomic E-state index is -4.43. The first-order chi connectivity index (χ1) is 9.25. The maximum atomic E-state index is 12.4. The Bertz CT molecular complexity index is 468. The van der Waals surface area contributed by atoms with E-state index < -0.39 is 35.3 Å². The van der Waals surface area contributed by atoms with Crippen LogP contribution in [-0.4, -0.2) is 44.4 Å². The van der Waals surface area contributed by atoms with Crippen LogP contribution in [0.1, 0.15) is 12.0 Å². The molecule has 0 bridgehead atoms. The van der Waals surface area contributed by atoms with Gasteiger partial charge < -0.3 is 14.8 Å². The van der Waals surface area contributed by atoms with Gasteiger partial charge in [-0.25, -0.2) is 0 Å². The molecule has 8 heteroatoms. The van der Waals surface area contributed by atoms with Crippen molar-refractivity contribution < 1.29 is 27.9 Å². The number of alkyl halides is 3. The third-order valence-electron chi connectivity index (χ3n) is 3.21. The molecule has 0 aromatic heterocycles. The van der Waals surface area contributed by atoms with Crippen LogP contribution in [0.4, 0.5) is 13.2 Å². The van der Waals surface area contributed by atoms with Crippen molar-refractivity contribution in [1.82, 2.24) is 4.31 Å². The van der Waals surface area contributed by atoms with Crippen molar-refractivity contribution >= 4 is 11.4 Å². The number of halogens is 3. The van der Waals surface area contributed by atoms with Crippen LogP contribution in [0.3, 0.4) is 0 Å². The molecule has 112 valence electrons. The zero-order valence-electron chi connectivity index (χ0n) is 10.4. The average Bonchev–Trinajstić information content (AvgIpc) is 2.80. The molecule has 2 unspecified atom stereocenters. The van der Waals surface area contributed by atoms with Gasteiger partial charge in [-0.1, -0.05) is 0 Å². The van der Waals surface area contributed by atoms with E-state index >= 15 is 0 Å². The highest BCUT2D eigenvalue weighted by molar-refractivity contribution is 7.89. The molecule has 2 atom stereocenters. The second-order valence-corrected chi connectivity index (χ2v) is 6.25. The van der Waals surface area contributed by atoms with Crippen LogP contribution in [0.25, 0.3) is 0 Å². The van der Waals surface area contributed by atoms with Gasteiger partial charge in [-0.05, 0) is 30.7 Å². The first kappa shape index (κ1) is 15.6. The molecule has 0 saturated carbocycles. The SMILES string of the molecule is [O-][S+](c1ccc(C(F)(F)F)cc1)N1CCC(O)(CO)C1. The maximum absolute atomic E-state index is 12.4. The second-order valence-electron chi connectivity index (χ2n) is 4.77. The molecule has 0 spiro atoms. The normalized spacial score (nSPS) is 25.9. The van der Waals surface area contributed by atoms with E-state index in [1.54, 1.807) is 0 Å². The maximum Gasteiger partial charge on any atom is 0.416 e. The standard InChI is InChI=1S/C12H14F3NO3S/c13-12(14,15)9-1-3-10(4-2-9)20(19)16-6-5-11(18,7-16)8-17/h1-4,17-18H,5-8H2. The molecular formula is C12H14F3NO3S. The number of nitrogens with zero attached hydrogens (tertiary/aromatic N) is 1. The lowest BCUT2D eigenvalue weighted by molar-refractivity contribution is -0.137. The summed E-state index contributed by atoms with van der Waals surface area (Å²) in [5, 5.41) is 18.9. The zero-order valence-corrected chi connectivity index (χ0v) is 11.2. The Kier molecular flexibility index (Phi) is 4.31. The van der Waals surface area contributed by atoms with Gasteiger partial charge in [-0.15, -0.1) is 4.31 Å². The number of hydrogen-bond acceptors (Lipinski definition) is 4. The van der Waals surface area contributed by atoms with Gasteiger partial charge in [0.1, 0.15) is 5.60 Å². The van der Waals surface area contributed by atoms with Gasteiger partial charge in [0.2, 0.25) is 0 Å². The van der Waals surface area contributed by atoms with Crippen LogP contribution in [0, 0.1) is 0 Å². The molecule has 1 aromatic rings. The summed E-state index contributed by atoms with van der Waals surface area (Å²) in [6.45, 7) is -0.102. The number of rotatable bonds is 3. The van der Waals surface area contributed by atoms with Gasteiger partial charge in [0.25, 0.3) is 0 Å². The largest absolute Gasteiger partial charge is 0.593 e. The Balaban J connectivity index is 2.09. The van der Waals surface area contributed by atoms with Crippen LogP contribution in [0.5, 0.6) is 0 Å². The molecule has 0 radical (unpaired) electrons. The average molecular weight is 309 g/mol. The fourth-order valence-corrected chi connectivity index (χ4v) is 3.28. The van der Waals surface area contributed by atoms with Crippen LogP contribution in [-0.2, 0) is 17.5 Å². The lowest BCUT2D eigenvalue weighted by Gasteiger charge is -2.22. The van der Waals surface area contributed by atoms with E-state index in [4.69, 9.17) is 5.11 Å². The van der Waals surface area contributed by atoms with Crippen molar-refractivity contribution in [3.63, 3.8) is 0 Å². The molecule has 2 rings (SSSR count). The van der Waals surface area contributed by atoms with E-state index in [0.717, 1.165) is 24.3 Å². The van der Waals surface area contributed by atoms with E-state index in [0.29, 0.717) is 6.54 Å². The van der Waals surface area contributed by atoms with E-state index in [1.165, 1.54) is 4.31 Å². The van der Waals surface area contributed by atoms with Crippen LogP contribution in [0.2, 0.25) is 0 Å². The van der Waals surface area contributed by atoms with Crippen LogP contribution < -0.4 is 0 Å². The highest BCUT2D eigenvalue weighted by Gasteiger charge is 2.41. The van der Waals surface area contributed by atoms with E-state index in [9.17, 15) is 22.8 Å². The summed E-state index contributed by atoms with van der Waals surface area (Å²) >= 11 is -1.65. The molecule has 1 aliphatic heterocycles. The summed E-state index contributed by atoms with van der Waals surface area (Å²) in [7, 11) is 0. The topological polar surface area (TPSA) is 66.8 Å². The quantitative estimate of drug-likeness (QED) is 0.822. The van der Waals surface area contributed by atoms with Crippen molar-refractivity contribution in [2.45, 2.75) is 23.1 Å². The molecule has 20 heavy (non-hydrogen) atoms. The molecule has 0 aliphatic carbocycles. The summed E-state index contributed by atoms with van der Waals surface area (Å²) < 4.78 is 50.9. The van der Waals surface area contributed by atoms with E-state index in [2.05, 4.69) is 0 Å². The molecule has 1 aliphatic rings. The van der Waals surface area contributed by atoms with Gasteiger partial charge in [-0.3, -0.25) is 0 Å². The summed E-state index contributed by atoms with van der Waals surface area (Å²) in [6, 6.07) is 4.08. The minimum Gasteiger partial charge on any atom is -0.593 e. The van der Waals surface area contributed by atoms with Gasteiger partial charge >= 0.3 is 6.18 Å². The zero-order chi connectivity index (χ0) is 15.0. The molecule has 4 nitrogen and oxygen atoms in total. The molecule has 1 saturated heterocycles. The van der Waals surface area contributed by atoms with Gasteiger partial charge in [0, 0.05) is 6.54 Å². The lowest BCUT2D eigenvalue weighted by Crippen LogP contribution is -2.38. The third-order valence-corrected chi connectivity index (χ3v) is 4.67. The molecule has 1 aromatic carbocycles. The fourth-order valence-electron chi connectivity index (χ4n) is 2.00. The van der Waals surface area contributed by atoms with Crippen LogP contribution >= 0.6 is 0 Å². The van der Waals surface area contributed by atoms with E-state index in [-0.39, 0.29) is 17.9 Å². The van der Waals surface area contributed by atoms with Crippen molar-refractivity contribution in [3.05, 3.63) is 29.8 Å². The number of aliphatic hydroxyl groups is 2. The molecule has 1 fully saturated rings. The second kappa shape index (κ2) is 5.53. The summed E-state index contributed by atoms with van der Waals surface area (Å²) in [4.78, 5) is 0.236. The molecular weight excluding hydrogens is 295 g/mol. The number of aliphatic hydroxyl groups excluding tert-OH is 1. The Morgan fingerprint density at radius 2 is 1.90 bits per heavy atom. The van der Waals surface area contributed by atoms with Crippen molar-refractivity contribution in [3.8, 4) is 0 Å². The highest BCUT2D eigenvalue weighted by Crippen LogP contribution is 2.31. The first-order valence-electron chi connectivity index (χ1n) is 5.92. The van der Waals surface area contributed by atoms with Crippen molar-refractivity contribution in [2.24, 2.45) is 0 Å². The summed E-state index contributed by atoms with van der Waals surface area (Å²) in [5.74, 6) is 0. The Labute approximate surface area is 117 Å². The smallest absolute Gasteiger partial charge is 0.416 e. The fraction of sp³-hybridized carbons (Fsp3) is 0.500. The summed E-state index contributed by atoms with van der Waals surface area (Å²) in [6.07, 6.45) is -4.15. The van der Waals surface area contributed by atoms with Crippen molar-refractivity contribution in [1.29, 1.82) is 0 Å². The Morgan fingerprint density at radius 1 is 1.30 bits per heavy atom. The highest BCUT2D eigenvalue weighted by atomic mass is 32.2. The van der Waals surface area contributed by atoms with E-state index in [1.807, 2.05) is 0 Å². The number of hydrogen-bond donors (Lipinski definition) is 2. The van der Waals surface area contributed by atoms with Crippen LogP contribution in [0.15, 0.2) is 29.2 Å². The molecule has 0 amide bonds. The Hall–Kier alpha value is -0.800. The molecule has 1 heterocycles. The molecule has 2 N–H and O–H groups in total. The van der Waals surface area contributed by atoms with Gasteiger partial charge in [0.15, 0.2) is 4.90 Å². The van der Waals surface area contributed by atoms with Gasteiger partial charge in [-0.2, -0.15) is 13.2 Å². The minimum absolute atomic E-state index is 0.0249. The third kappa shape index (κ3) is 3.26. The predicted octanol–water partition coefficient (Wildman–Crippen LogP) is 1.16. The number of benzene rings is 1. The Morgan fingerprint density at radius 3 is 2.35 bits per heavy atom. The number of β-amino-alcohol motifs (C(OH)–C–C–N with tert-alkyl or cyclic N) is 1. The first-order valence-corrected chi connectivity index (χ1v) is 7.03. The predicted molar refractivity (Wildman–Crippen MR) is 66.1 cm³/mol. The van der Waals surface area contributed by atoms with Crippen molar-refractivity contribution in [2.75, 3.05) is 19.7 Å². The summed E-state index contributed by atoms with van der Waals surface area (Å²) in [5.41, 5.74) is -2.09. The van der Waals surface area contributed by atoms with Gasteiger partial charge in [0.05, 0.1) is 30.1 Å². The lowest BCUT2D eigenvalue weighted by atomic mass is 10.1.